The Kier molecular flexibility index (Phi) is 4.74. The van der Waals surface area contributed by atoms with Gasteiger partial charge in [0.15, 0.2) is 5.78 Å². The molecule has 2 aromatic rings. The monoisotopic (exact) mass is 342 g/mol. The minimum absolute atomic E-state index is 0.137. The number of hydrogen-bond donors (Lipinski definition) is 0. The Morgan fingerprint density at radius 1 is 1.29 bits per heavy atom. The molecular weight excluding hydrogens is 320 g/mol. The molecule has 2 aliphatic rings. The molecule has 1 saturated carbocycles. The van der Waals surface area contributed by atoms with E-state index in [1.807, 2.05) is 30.3 Å². The quantitative estimate of drug-likeness (QED) is 0.754. The lowest BCUT2D eigenvalue weighted by molar-refractivity contribution is -0.0130. The van der Waals surface area contributed by atoms with E-state index in [1.54, 1.807) is 11.3 Å². The molecule has 4 rings (SSSR count). The van der Waals surface area contributed by atoms with Crippen LogP contribution in [0.1, 0.15) is 46.2 Å². The summed E-state index contributed by atoms with van der Waals surface area (Å²) in [5, 5.41) is 3.47. The number of carbonyl (C=O) groups excluding carboxylic acids is 1. The van der Waals surface area contributed by atoms with Gasteiger partial charge < -0.3 is 4.74 Å². The number of Topliss-reactive ketones (excluding diaryl/α,β-unsaturated/α-hetero) is 1. The van der Waals surface area contributed by atoms with Crippen LogP contribution in [0, 0.1) is 0 Å². The highest BCUT2D eigenvalue weighted by molar-refractivity contribution is 7.09. The van der Waals surface area contributed by atoms with Gasteiger partial charge in [-0.05, 0) is 12.8 Å². The molecule has 0 N–H and O–H groups in total. The molecule has 126 valence electrons. The third kappa shape index (κ3) is 3.74. The molecule has 0 bridgehead atoms. The van der Waals surface area contributed by atoms with Crippen molar-refractivity contribution in [3.05, 3.63) is 52.0 Å². The molecule has 0 unspecified atom stereocenters. The normalized spacial score (nSPS) is 21.8. The molecule has 5 heteroatoms. The first-order valence-corrected chi connectivity index (χ1v) is 9.52. The molecule has 4 nitrogen and oxygen atoms in total. The lowest BCUT2D eigenvalue weighted by Crippen LogP contribution is -2.45. The Balaban J connectivity index is 1.41. The fourth-order valence-electron chi connectivity index (χ4n) is 3.16. The maximum absolute atomic E-state index is 12.5. The number of ketones is 1. The highest BCUT2D eigenvalue weighted by Crippen LogP contribution is 2.41. The summed E-state index contributed by atoms with van der Waals surface area (Å²) in [6, 6.07) is 9.68. The van der Waals surface area contributed by atoms with Crippen LogP contribution in [-0.4, -0.2) is 41.5 Å². The van der Waals surface area contributed by atoms with E-state index in [0.717, 1.165) is 31.0 Å². The second kappa shape index (κ2) is 7.13. The summed E-state index contributed by atoms with van der Waals surface area (Å²) >= 11 is 1.78. The minimum Gasteiger partial charge on any atom is -0.378 e. The number of aromatic nitrogens is 1. The van der Waals surface area contributed by atoms with Gasteiger partial charge in [0.05, 0.1) is 23.9 Å². The molecule has 1 aliphatic carbocycles. The van der Waals surface area contributed by atoms with Crippen molar-refractivity contribution in [2.24, 2.45) is 0 Å². The fraction of sp³-hybridized carbons (Fsp3) is 0.474. The summed E-state index contributed by atoms with van der Waals surface area (Å²) in [4.78, 5) is 19.7. The molecule has 1 atom stereocenters. The molecular formula is C19H22N2O2S. The second-order valence-electron chi connectivity index (χ2n) is 6.64. The van der Waals surface area contributed by atoms with Crippen LogP contribution in [-0.2, 0) is 11.3 Å². The molecule has 1 aromatic heterocycles. The Morgan fingerprint density at radius 2 is 2.12 bits per heavy atom. The first-order valence-electron chi connectivity index (χ1n) is 8.64. The van der Waals surface area contributed by atoms with Gasteiger partial charge in [-0.2, -0.15) is 0 Å². The predicted octanol–water partition coefficient (Wildman–Crippen LogP) is 3.49. The van der Waals surface area contributed by atoms with E-state index < -0.39 is 0 Å². The number of nitrogens with zero attached hydrogens (tertiary/aromatic N) is 2. The number of rotatable bonds is 6. The molecule has 1 aliphatic heterocycles. The van der Waals surface area contributed by atoms with E-state index in [2.05, 4.69) is 10.3 Å². The van der Waals surface area contributed by atoms with Crippen molar-refractivity contribution in [2.75, 3.05) is 19.8 Å². The van der Waals surface area contributed by atoms with Gasteiger partial charge in [-0.3, -0.25) is 9.69 Å². The van der Waals surface area contributed by atoms with E-state index >= 15 is 0 Å². The molecule has 0 amide bonds. The highest BCUT2D eigenvalue weighted by Gasteiger charge is 2.29. The Bertz CT molecular complexity index is 696. The van der Waals surface area contributed by atoms with Crippen LogP contribution >= 0.6 is 11.3 Å². The van der Waals surface area contributed by atoms with Crippen molar-refractivity contribution in [3.8, 4) is 0 Å². The lowest BCUT2D eigenvalue weighted by atomic mass is 10.0. The number of benzene rings is 1. The smallest absolute Gasteiger partial charge is 0.164 e. The van der Waals surface area contributed by atoms with Crippen LogP contribution in [0.2, 0.25) is 0 Å². The van der Waals surface area contributed by atoms with Gasteiger partial charge in [0.25, 0.3) is 0 Å². The molecule has 1 saturated heterocycles. The zero-order chi connectivity index (χ0) is 16.4. The number of morpholine rings is 1. The van der Waals surface area contributed by atoms with E-state index in [-0.39, 0.29) is 11.8 Å². The summed E-state index contributed by atoms with van der Waals surface area (Å²) < 4.78 is 5.63. The fourth-order valence-corrected chi connectivity index (χ4v) is 4.14. The number of thiazole rings is 1. The Morgan fingerprint density at radius 3 is 2.92 bits per heavy atom. The zero-order valence-corrected chi connectivity index (χ0v) is 14.5. The summed E-state index contributed by atoms with van der Waals surface area (Å²) in [6.07, 6.45) is 3.08. The lowest BCUT2D eigenvalue weighted by Gasteiger charge is -2.34. The van der Waals surface area contributed by atoms with Crippen molar-refractivity contribution in [2.45, 2.75) is 37.8 Å². The van der Waals surface area contributed by atoms with Crippen LogP contribution in [0.15, 0.2) is 35.7 Å². The zero-order valence-electron chi connectivity index (χ0n) is 13.7. The maximum atomic E-state index is 12.5. The van der Waals surface area contributed by atoms with Crippen LogP contribution < -0.4 is 0 Å². The van der Waals surface area contributed by atoms with Gasteiger partial charge in [0.2, 0.25) is 0 Å². The van der Waals surface area contributed by atoms with Crippen LogP contribution in [0.4, 0.5) is 0 Å². The maximum Gasteiger partial charge on any atom is 0.164 e. The molecule has 0 spiro atoms. The molecule has 0 radical (unpaired) electrons. The predicted molar refractivity (Wildman–Crippen MR) is 94.5 cm³/mol. The molecule has 1 aromatic carbocycles. The summed E-state index contributed by atoms with van der Waals surface area (Å²) in [5.41, 5.74) is 1.92. The van der Waals surface area contributed by atoms with E-state index in [1.165, 1.54) is 17.8 Å². The van der Waals surface area contributed by atoms with E-state index in [0.29, 0.717) is 18.9 Å². The molecule has 24 heavy (non-hydrogen) atoms. The Hall–Kier alpha value is -1.56. The van der Waals surface area contributed by atoms with Crippen molar-refractivity contribution < 1.29 is 9.53 Å². The Labute approximate surface area is 146 Å². The minimum atomic E-state index is 0.137. The third-order valence-corrected chi connectivity index (χ3v) is 5.78. The van der Waals surface area contributed by atoms with Crippen molar-refractivity contribution in [3.63, 3.8) is 0 Å². The second-order valence-corrected chi connectivity index (χ2v) is 7.53. The van der Waals surface area contributed by atoms with Crippen LogP contribution in [0.5, 0.6) is 0 Å². The van der Waals surface area contributed by atoms with Gasteiger partial charge in [0, 0.05) is 42.4 Å². The summed E-state index contributed by atoms with van der Waals surface area (Å²) in [6.45, 7) is 3.04. The highest BCUT2D eigenvalue weighted by atomic mass is 32.1. The van der Waals surface area contributed by atoms with E-state index in [9.17, 15) is 4.79 Å². The first kappa shape index (κ1) is 15.9. The SMILES string of the molecule is O=C(C[C@H]1COCCN1Cc1csc(C2CC2)n1)c1ccccc1. The summed E-state index contributed by atoms with van der Waals surface area (Å²) in [7, 11) is 0. The first-order chi connectivity index (χ1) is 11.8. The average molecular weight is 342 g/mol. The summed E-state index contributed by atoms with van der Waals surface area (Å²) in [5.74, 6) is 0.900. The number of carbonyl (C=O) groups is 1. The van der Waals surface area contributed by atoms with Crippen molar-refractivity contribution in [1.82, 2.24) is 9.88 Å². The molecule has 2 heterocycles. The van der Waals surface area contributed by atoms with Crippen LogP contribution in [0.3, 0.4) is 0 Å². The number of hydrogen-bond acceptors (Lipinski definition) is 5. The topological polar surface area (TPSA) is 42.4 Å². The van der Waals surface area contributed by atoms with Gasteiger partial charge in [-0.25, -0.2) is 4.98 Å². The third-order valence-electron chi connectivity index (χ3n) is 4.73. The van der Waals surface area contributed by atoms with Gasteiger partial charge in [0.1, 0.15) is 0 Å². The van der Waals surface area contributed by atoms with E-state index in [4.69, 9.17) is 9.72 Å². The molecule has 2 fully saturated rings. The van der Waals surface area contributed by atoms with Crippen molar-refractivity contribution >= 4 is 17.1 Å². The standard InChI is InChI=1S/C19H22N2O2S/c22-18(14-4-2-1-3-5-14)10-17-12-23-9-8-21(17)11-16-13-24-19(20-16)15-6-7-15/h1-5,13,15,17H,6-12H2/t17-/m0/s1. The van der Waals surface area contributed by atoms with Gasteiger partial charge in [-0.15, -0.1) is 11.3 Å². The average Bonchev–Trinajstić information content (AvgIpc) is 3.37. The van der Waals surface area contributed by atoms with Gasteiger partial charge >= 0.3 is 0 Å². The van der Waals surface area contributed by atoms with Crippen LogP contribution in [0.25, 0.3) is 0 Å². The number of ether oxygens (including phenoxy) is 1. The van der Waals surface area contributed by atoms with Crippen molar-refractivity contribution in [1.29, 1.82) is 0 Å². The van der Waals surface area contributed by atoms with Gasteiger partial charge in [-0.1, -0.05) is 30.3 Å². The largest absolute Gasteiger partial charge is 0.378 e.